The number of Topliss-reactive ketones (excluding diaryl/α,β-unsaturated/α-hetero) is 2. The second-order valence-corrected chi connectivity index (χ2v) is 29.8. The summed E-state index contributed by atoms with van der Waals surface area (Å²) >= 11 is 26.1. The monoisotopic (exact) mass is 1300 g/mol. The maximum atomic E-state index is 13.5. The molecule has 0 amide bonds. The van der Waals surface area contributed by atoms with E-state index in [4.69, 9.17) is 65.4 Å². The predicted octanol–water partition coefficient (Wildman–Crippen LogP) is 22.3. The summed E-state index contributed by atoms with van der Waals surface area (Å²) in [6.45, 7) is 12.2. The van der Waals surface area contributed by atoms with Gasteiger partial charge in [0.15, 0.2) is 11.6 Å². The van der Waals surface area contributed by atoms with E-state index in [0.29, 0.717) is 34.8 Å². The van der Waals surface area contributed by atoms with Gasteiger partial charge in [0.05, 0.1) is 44.5 Å². The summed E-state index contributed by atoms with van der Waals surface area (Å²) in [6.07, 6.45) is 53.2. The number of halogens is 4. The highest BCUT2D eigenvalue weighted by molar-refractivity contribution is 6.56. The van der Waals surface area contributed by atoms with E-state index < -0.39 is 0 Å². The lowest BCUT2D eigenvalue weighted by Gasteiger charge is -2.52. The van der Waals surface area contributed by atoms with Crippen LogP contribution in [0.4, 0.5) is 0 Å². The van der Waals surface area contributed by atoms with E-state index in [1.165, 1.54) is 192 Å². The van der Waals surface area contributed by atoms with Crippen molar-refractivity contribution in [3.05, 3.63) is 43.4 Å². The third-order valence-electron chi connectivity index (χ3n) is 21.7. The zero-order chi connectivity index (χ0) is 62.9. The summed E-state index contributed by atoms with van der Waals surface area (Å²) in [5.41, 5.74) is 0.826. The minimum atomic E-state index is -0.368. The zero-order valence-electron chi connectivity index (χ0n) is 55.8. The molecule has 6 aliphatic carbocycles. The Morgan fingerprint density at radius 1 is 0.318 bits per heavy atom. The third kappa shape index (κ3) is 24.8. The van der Waals surface area contributed by atoms with E-state index in [2.05, 4.69) is 27.7 Å². The van der Waals surface area contributed by atoms with Crippen molar-refractivity contribution in [3.63, 3.8) is 0 Å². The average molecular weight is 1310 g/mol. The molecule has 0 aromatic rings. The Kier molecular flexibility index (Phi) is 37.5. The van der Waals surface area contributed by atoms with Gasteiger partial charge in [0, 0.05) is 49.7 Å². The standard InChI is InChI=1S/C76H122Cl4O8/c1-5-9-13-17-21-25-29-33-45-85-67-51-61(69(87-47-35-31-27-23-19-15-11-7-3)49-59(67)55-37-41-57(42-38-55)71-73(79)65(81)53-63(77)75(71)83)62-52-68(86-46-34-30-26-22-18-14-10-6-2)60(50-70(62)88-48-36-32-28-24-20-16-12-8-4)56-39-43-58(44-40-56)72-74(80)66(82)54-64(78)76(72)84/h53-62,67-70H,5-52H2,1-4H3. The van der Waals surface area contributed by atoms with E-state index in [-0.39, 0.29) is 91.3 Å². The number of ether oxygens (including phenoxy) is 4. The molecular formula is C76H122Cl4O8. The highest BCUT2D eigenvalue weighted by Gasteiger charge is 2.52. The van der Waals surface area contributed by atoms with Gasteiger partial charge in [-0.2, -0.15) is 0 Å². The molecule has 0 bridgehead atoms. The fourth-order valence-corrected chi connectivity index (χ4v) is 17.5. The molecule has 6 aliphatic rings. The van der Waals surface area contributed by atoms with Gasteiger partial charge in [-0.1, -0.05) is 254 Å². The molecule has 0 aromatic heterocycles. The summed E-state index contributed by atoms with van der Waals surface area (Å²) in [6, 6.07) is 0. The number of unbranched alkanes of at least 4 members (excludes halogenated alkanes) is 28. The van der Waals surface area contributed by atoms with Gasteiger partial charge in [0.25, 0.3) is 0 Å². The normalized spacial score (nSPS) is 28.3. The fourth-order valence-electron chi connectivity index (χ4n) is 16.5. The Morgan fingerprint density at radius 3 is 0.807 bits per heavy atom. The minimum absolute atomic E-state index is 0.0315. The minimum Gasteiger partial charge on any atom is -0.378 e. The van der Waals surface area contributed by atoms with Crippen molar-refractivity contribution in [2.24, 2.45) is 47.3 Å². The number of hydrogen-bond acceptors (Lipinski definition) is 8. The van der Waals surface area contributed by atoms with Crippen molar-refractivity contribution in [3.8, 4) is 0 Å². The van der Waals surface area contributed by atoms with E-state index in [1.54, 1.807) is 0 Å². The molecule has 6 rings (SSSR count). The lowest BCUT2D eigenvalue weighted by molar-refractivity contribution is -0.170. The van der Waals surface area contributed by atoms with Gasteiger partial charge in [-0.15, -0.1) is 0 Å². The van der Waals surface area contributed by atoms with Crippen LogP contribution in [0, 0.1) is 47.3 Å². The van der Waals surface area contributed by atoms with Crippen LogP contribution in [0.2, 0.25) is 0 Å². The smallest absolute Gasteiger partial charge is 0.202 e. The fraction of sp³-hybridized carbons (Fsp3) is 0.842. The van der Waals surface area contributed by atoms with Crippen LogP contribution in [-0.2, 0) is 38.1 Å². The Balaban J connectivity index is 1.29. The summed E-state index contributed by atoms with van der Waals surface area (Å²) in [7, 11) is 0. The average Bonchev–Trinajstić information content (AvgIpc) is 3.49. The Hall–Kier alpha value is -1.36. The van der Waals surface area contributed by atoms with Gasteiger partial charge in [-0.25, -0.2) is 0 Å². The van der Waals surface area contributed by atoms with E-state index in [1.807, 2.05) is 0 Å². The third-order valence-corrected chi connectivity index (χ3v) is 23.1. The molecule has 0 aliphatic heterocycles. The van der Waals surface area contributed by atoms with Crippen LogP contribution in [0.25, 0.3) is 0 Å². The summed E-state index contributed by atoms with van der Waals surface area (Å²) in [5, 5.41) is 0.0208. The van der Waals surface area contributed by atoms with E-state index in [9.17, 15) is 19.2 Å². The number of rotatable bonds is 45. The molecule has 4 fully saturated rings. The van der Waals surface area contributed by atoms with Crippen LogP contribution in [-0.4, -0.2) is 74.0 Å². The molecule has 0 saturated heterocycles. The molecule has 0 heterocycles. The number of ketones is 4. The van der Waals surface area contributed by atoms with Gasteiger partial charge in [-0.05, 0) is 150 Å². The molecular weight excluding hydrogens is 1180 g/mol. The molecule has 4 saturated carbocycles. The van der Waals surface area contributed by atoms with Crippen molar-refractivity contribution >= 4 is 69.5 Å². The van der Waals surface area contributed by atoms with Crippen molar-refractivity contribution in [1.82, 2.24) is 0 Å². The van der Waals surface area contributed by atoms with Crippen LogP contribution in [0.5, 0.6) is 0 Å². The van der Waals surface area contributed by atoms with Gasteiger partial charge in [0.2, 0.25) is 11.6 Å². The first-order chi connectivity index (χ1) is 42.9. The van der Waals surface area contributed by atoms with Crippen molar-refractivity contribution in [2.45, 2.75) is 335 Å². The topological polar surface area (TPSA) is 105 Å². The molecule has 8 unspecified atom stereocenters. The Morgan fingerprint density at radius 2 is 0.545 bits per heavy atom. The van der Waals surface area contributed by atoms with Crippen LogP contribution < -0.4 is 0 Å². The van der Waals surface area contributed by atoms with Gasteiger partial charge < -0.3 is 18.9 Å². The number of hydrogen-bond donors (Lipinski definition) is 0. The molecule has 88 heavy (non-hydrogen) atoms. The first-order valence-electron chi connectivity index (χ1n) is 37.1. The van der Waals surface area contributed by atoms with E-state index >= 15 is 0 Å². The van der Waals surface area contributed by atoms with Gasteiger partial charge in [0.1, 0.15) is 0 Å². The predicted molar refractivity (Wildman–Crippen MR) is 366 cm³/mol. The molecule has 8 atom stereocenters. The maximum absolute atomic E-state index is 13.5. The molecule has 0 spiro atoms. The number of allylic oxidation sites excluding steroid dienone is 8. The van der Waals surface area contributed by atoms with E-state index in [0.717, 1.165) is 129 Å². The Bertz CT molecular complexity index is 2020. The molecule has 502 valence electrons. The van der Waals surface area contributed by atoms with Crippen molar-refractivity contribution in [1.29, 1.82) is 0 Å². The molecule has 0 N–H and O–H groups in total. The van der Waals surface area contributed by atoms with Crippen LogP contribution in [0.15, 0.2) is 43.4 Å². The molecule has 0 radical (unpaired) electrons. The largest absolute Gasteiger partial charge is 0.378 e. The SMILES string of the molecule is CCCCCCCCCCOC1CC(C2CC(OCCCCCCCCCC)C(C3CCC(C4=C(Cl)C(=O)C=C(Cl)C4=O)CC3)CC2OCCCCCCCCCC)C(OCCCCCCCCCC)CC1C1CCC(C2=C(Cl)C(=O)C=C(Cl)C2=O)CC1. The summed E-state index contributed by atoms with van der Waals surface area (Å²) in [4.78, 5) is 52.9. The van der Waals surface area contributed by atoms with Crippen LogP contribution >= 0.6 is 46.4 Å². The molecule has 0 aromatic carbocycles. The van der Waals surface area contributed by atoms with Crippen molar-refractivity contribution in [2.75, 3.05) is 26.4 Å². The second kappa shape index (κ2) is 43.6. The lowest BCUT2D eigenvalue weighted by atomic mass is 9.59. The van der Waals surface area contributed by atoms with Gasteiger partial charge >= 0.3 is 0 Å². The lowest BCUT2D eigenvalue weighted by Crippen LogP contribution is -2.53. The highest BCUT2D eigenvalue weighted by Crippen LogP contribution is 2.53. The zero-order valence-corrected chi connectivity index (χ0v) is 58.8. The van der Waals surface area contributed by atoms with Crippen LogP contribution in [0.3, 0.4) is 0 Å². The quantitative estimate of drug-likeness (QED) is 0.0439. The van der Waals surface area contributed by atoms with Gasteiger partial charge in [-0.3, -0.25) is 19.2 Å². The molecule has 8 nitrogen and oxygen atoms in total. The first-order valence-corrected chi connectivity index (χ1v) is 38.6. The Labute approximate surface area is 556 Å². The number of carbonyl (C=O) groups is 4. The first kappa shape index (κ1) is 75.7. The highest BCUT2D eigenvalue weighted by atomic mass is 35.5. The summed E-state index contributed by atoms with van der Waals surface area (Å²) < 4.78 is 29.7. The second-order valence-electron chi connectivity index (χ2n) is 28.2. The van der Waals surface area contributed by atoms with Crippen molar-refractivity contribution < 1.29 is 38.1 Å². The maximum Gasteiger partial charge on any atom is 0.202 e. The number of carbonyl (C=O) groups excluding carboxylic acids is 4. The summed E-state index contributed by atoms with van der Waals surface area (Å²) in [5.74, 6) is 0.301. The van der Waals surface area contributed by atoms with Crippen LogP contribution in [0.1, 0.15) is 310 Å². The molecule has 12 heteroatoms.